The largest absolute Gasteiger partial charge is 0.415 e. The van der Waals surface area contributed by atoms with Gasteiger partial charge < -0.3 is 9.33 Å². The quantitative estimate of drug-likeness (QED) is 0.546. The number of nitrogens with zero attached hydrogens (tertiary/aromatic N) is 1. The molecule has 1 amide bonds. The van der Waals surface area contributed by atoms with Crippen LogP contribution in [0.5, 0.6) is 0 Å². The number of carbonyl (C=O) groups is 1. The lowest BCUT2D eigenvalue weighted by Crippen LogP contribution is -2.45. The van der Waals surface area contributed by atoms with Gasteiger partial charge in [-0.05, 0) is 18.1 Å². The van der Waals surface area contributed by atoms with E-state index < -0.39 is 8.32 Å². The average molecular weight is 228 g/mol. The lowest BCUT2D eigenvalue weighted by atomic mass is 10.2. The zero-order chi connectivity index (χ0) is 11.7. The summed E-state index contributed by atoms with van der Waals surface area (Å²) in [6.07, 6.45) is 0.597. The molecule has 87 valence electrons. The first-order chi connectivity index (χ1) is 6.74. The van der Waals surface area contributed by atoms with Crippen LogP contribution in [0.2, 0.25) is 18.1 Å². The van der Waals surface area contributed by atoms with E-state index in [-0.39, 0.29) is 10.9 Å². The summed E-state index contributed by atoms with van der Waals surface area (Å²) in [5.74, 6) is 0.217. The molecule has 1 radical (unpaired) electrons. The molecule has 0 saturated carbocycles. The topological polar surface area (TPSA) is 29.5 Å². The molecule has 0 aromatic carbocycles. The van der Waals surface area contributed by atoms with Gasteiger partial charge in [0.2, 0.25) is 5.91 Å². The molecular weight excluding hydrogens is 206 g/mol. The van der Waals surface area contributed by atoms with E-state index in [0.29, 0.717) is 19.6 Å². The van der Waals surface area contributed by atoms with Crippen LogP contribution >= 0.6 is 0 Å². The maximum Gasteiger partial charge on any atom is 0.225 e. The third-order valence-electron chi connectivity index (χ3n) is 3.41. The zero-order valence-corrected chi connectivity index (χ0v) is 11.5. The van der Waals surface area contributed by atoms with Crippen LogP contribution in [0.4, 0.5) is 0 Å². The number of hydrogen-bond acceptors (Lipinski definition) is 2. The van der Waals surface area contributed by atoms with Crippen molar-refractivity contribution in [2.75, 3.05) is 13.2 Å². The molecule has 1 aliphatic heterocycles. The Morgan fingerprint density at radius 3 is 2.40 bits per heavy atom. The molecule has 1 rings (SSSR count). The molecule has 1 saturated heterocycles. The van der Waals surface area contributed by atoms with Crippen molar-refractivity contribution in [1.29, 1.82) is 0 Å². The third-order valence-corrected chi connectivity index (χ3v) is 7.95. The Hall–Kier alpha value is -0.353. The molecule has 0 aromatic heterocycles. The Labute approximate surface area is 93.9 Å². The van der Waals surface area contributed by atoms with E-state index in [4.69, 9.17) is 4.43 Å². The second kappa shape index (κ2) is 4.26. The number of rotatable bonds is 4. The van der Waals surface area contributed by atoms with E-state index in [1.54, 1.807) is 4.90 Å². The molecule has 15 heavy (non-hydrogen) atoms. The maximum atomic E-state index is 11.0. The summed E-state index contributed by atoms with van der Waals surface area (Å²) < 4.78 is 5.97. The van der Waals surface area contributed by atoms with Crippen molar-refractivity contribution in [3.05, 3.63) is 6.54 Å². The Morgan fingerprint density at radius 1 is 1.47 bits per heavy atom. The number of amides is 1. The van der Waals surface area contributed by atoms with Crippen LogP contribution in [0.25, 0.3) is 0 Å². The highest BCUT2D eigenvalue weighted by Crippen LogP contribution is 2.36. The lowest BCUT2D eigenvalue weighted by molar-refractivity contribution is -0.136. The van der Waals surface area contributed by atoms with Crippen molar-refractivity contribution in [3.8, 4) is 0 Å². The number of likely N-dealkylation sites (tertiary alicyclic amines) is 1. The molecule has 0 unspecified atom stereocenters. The highest BCUT2D eigenvalue weighted by Gasteiger charge is 2.37. The Kier molecular flexibility index (Phi) is 3.61. The Bertz CT molecular complexity index is 245. The summed E-state index contributed by atoms with van der Waals surface area (Å²) in [4.78, 5) is 12.8. The molecule has 1 aliphatic rings. The van der Waals surface area contributed by atoms with Crippen molar-refractivity contribution in [3.63, 3.8) is 0 Å². The third kappa shape index (κ3) is 3.05. The lowest BCUT2D eigenvalue weighted by Gasteiger charge is -2.37. The molecular formula is C11H22NO2Si. The van der Waals surface area contributed by atoms with Crippen LogP contribution in [0, 0.1) is 6.54 Å². The maximum absolute atomic E-state index is 11.0. The first kappa shape index (κ1) is 12.7. The van der Waals surface area contributed by atoms with Crippen LogP contribution in [0.15, 0.2) is 0 Å². The van der Waals surface area contributed by atoms with E-state index in [2.05, 4.69) is 33.9 Å². The van der Waals surface area contributed by atoms with Gasteiger partial charge in [0.1, 0.15) is 0 Å². The average Bonchev–Trinajstić information content (AvgIpc) is 2.08. The summed E-state index contributed by atoms with van der Waals surface area (Å²) >= 11 is 0. The summed E-state index contributed by atoms with van der Waals surface area (Å²) in [5.41, 5.74) is 0. The van der Waals surface area contributed by atoms with Gasteiger partial charge in [0, 0.05) is 13.0 Å². The van der Waals surface area contributed by atoms with Crippen LogP contribution in [0.1, 0.15) is 27.2 Å². The standard InChI is InChI=1S/C11H22NO2Si/c1-11(2,3)15(4,5)14-9-8-12-7-6-10(12)13/h7H,6,8-9H2,1-5H3. The van der Waals surface area contributed by atoms with Gasteiger partial charge in [-0.15, -0.1) is 0 Å². The summed E-state index contributed by atoms with van der Waals surface area (Å²) in [7, 11) is -1.63. The van der Waals surface area contributed by atoms with E-state index in [1.165, 1.54) is 0 Å². The van der Waals surface area contributed by atoms with E-state index in [9.17, 15) is 4.79 Å². The molecule has 0 bridgehead atoms. The Balaban J connectivity index is 2.27. The molecule has 0 aromatic rings. The smallest absolute Gasteiger partial charge is 0.225 e. The number of carbonyl (C=O) groups excluding carboxylic acids is 1. The normalized spacial score (nSPS) is 17.9. The van der Waals surface area contributed by atoms with Gasteiger partial charge in [-0.1, -0.05) is 20.8 Å². The van der Waals surface area contributed by atoms with E-state index in [0.717, 1.165) is 0 Å². The molecule has 1 heterocycles. The van der Waals surface area contributed by atoms with Crippen molar-refractivity contribution in [2.24, 2.45) is 0 Å². The van der Waals surface area contributed by atoms with Crippen LogP contribution < -0.4 is 0 Å². The highest BCUT2D eigenvalue weighted by molar-refractivity contribution is 6.74. The minimum Gasteiger partial charge on any atom is -0.415 e. The number of hydrogen-bond donors (Lipinski definition) is 0. The minimum absolute atomic E-state index is 0.217. The molecule has 0 spiro atoms. The van der Waals surface area contributed by atoms with Gasteiger partial charge >= 0.3 is 0 Å². The monoisotopic (exact) mass is 228 g/mol. The summed E-state index contributed by atoms with van der Waals surface area (Å²) in [6.45, 7) is 14.4. The molecule has 3 nitrogen and oxygen atoms in total. The predicted octanol–water partition coefficient (Wildman–Crippen LogP) is 2.40. The highest BCUT2D eigenvalue weighted by atomic mass is 28.4. The second-order valence-corrected chi connectivity index (χ2v) is 10.4. The fourth-order valence-electron chi connectivity index (χ4n) is 1.13. The molecule has 4 heteroatoms. The van der Waals surface area contributed by atoms with Crippen molar-refractivity contribution in [2.45, 2.75) is 45.3 Å². The fraction of sp³-hybridized carbons (Fsp3) is 0.818. The SMILES string of the molecule is CC(C)(C)[Si](C)(C)OCCN1[CH]CC1=O. The summed E-state index contributed by atoms with van der Waals surface area (Å²) in [6, 6.07) is 0. The van der Waals surface area contributed by atoms with Crippen LogP contribution in [0.3, 0.4) is 0 Å². The zero-order valence-electron chi connectivity index (χ0n) is 10.5. The molecule has 1 fully saturated rings. The summed E-state index contributed by atoms with van der Waals surface area (Å²) in [5, 5.41) is 0.246. The molecule has 0 N–H and O–H groups in total. The number of β-lactam (4-membered cyclic amide) rings is 1. The van der Waals surface area contributed by atoms with Gasteiger partial charge in [0.25, 0.3) is 0 Å². The van der Waals surface area contributed by atoms with Gasteiger partial charge in [0.05, 0.1) is 13.2 Å². The van der Waals surface area contributed by atoms with Crippen LogP contribution in [-0.2, 0) is 9.22 Å². The Morgan fingerprint density at radius 2 is 2.07 bits per heavy atom. The fourth-order valence-corrected chi connectivity index (χ4v) is 2.16. The first-order valence-electron chi connectivity index (χ1n) is 5.51. The van der Waals surface area contributed by atoms with Gasteiger partial charge in [-0.2, -0.15) is 0 Å². The van der Waals surface area contributed by atoms with Gasteiger partial charge in [-0.3, -0.25) is 4.79 Å². The van der Waals surface area contributed by atoms with Crippen molar-refractivity contribution in [1.82, 2.24) is 4.90 Å². The van der Waals surface area contributed by atoms with Crippen molar-refractivity contribution >= 4 is 14.2 Å². The van der Waals surface area contributed by atoms with Gasteiger partial charge in [0.15, 0.2) is 8.32 Å². The first-order valence-corrected chi connectivity index (χ1v) is 8.42. The van der Waals surface area contributed by atoms with E-state index in [1.807, 2.05) is 6.54 Å². The minimum atomic E-state index is -1.63. The van der Waals surface area contributed by atoms with Crippen LogP contribution in [-0.4, -0.2) is 32.3 Å². The second-order valence-electron chi connectivity index (χ2n) is 5.58. The van der Waals surface area contributed by atoms with E-state index >= 15 is 0 Å². The molecule has 0 atom stereocenters. The van der Waals surface area contributed by atoms with Gasteiger partial charge in [-0.25, -0.2) is 0 Å². The predicted molar refractivity (Wildman–Crippen MR) is 63.8 cm³/mol. The van der Waals surface area contributed by atoms with Crippen molar-refractivity contribution < 1.29 is 9.22 Å². The molecule has 0 aliphatic carbocycles.